The number of rotatable bonds is 4. The van der Waals surface area contributed by atoms with Crippen LogP contribution in [0.1, 0.15) is 26.7 Å². The molecule has 2 nitrogen and oxygen atoms in total. The molecule has 12 heavy (non-hydrogen) atoms. The van der Waals surface area contributed by atoms with Crippen molar-refractivity contribution in [2.75, 3.05) is 26.2 Å². The van der Waals surface area contributed by atoms with Crippen LogP contribution in [0.25, 0.3) is 0 Å². The van der Waals surface area contributed by atoms with Crippen molar-refractivity contribution in [2.24, 2.45) is 11.8 Å². The van der Waals surface area contributed by atoms with Crippen molar-refractivity contribution in [3.05, 3.63) is 0 Å². The molecule has 2 atom stereocenters. The van der Waals surface area contributed by atoms with Crippen LogP contribution in [0.4, 0.5) is 0 Å². The molecule has 2 heteroatoms. The third-order valence-electron chi connectivity index (χ3n) is 2.86. The normalized spacial score (nSPS) is 27.8. The molecule has 1 saturated heterocycles. The summed E-state index contributed by atoms with van der Waals surface area (Å²) in [4.78, 5) is 2.49. The van der Waals surface area contributed by atoms with Crippen LogP contribution >= 0.6 is 0 Å². The number of hydrogen-bond donors (Lipinski definition) is 1. The molecule has 1 heterocycles. The average molecular weight is 171 g/mol. The van der Waals surface area contributed by atoms with Gasteiger partial charge in [0.05, 0.1) is 0 Å². The van der Waals surface area contributed by atoms with E-state index in [9.17, 15) is 0 Å². The molecule has 0 amide bonds. The van der Waals surface area contributed by atoms with Gasteiger partial charge >= 0.3 is 0 Å². The highest BCUT2D eigenvalue weighted by Crippen LogP contribution is 2.22. The third-order valence-corrected chi connectivity index (χ3v) is 2.86. The summed E-state index contributed by atoms with van der Waals surface area (Å²) >= 11 is 0. The van der Waals surface area contributed by atoms with E-state index >= 15 is 0 Å². The zero-order valence-electron chi connectivity index (χ0n) is 8.29. The van der Waals surface area contributed by atoms with Crippen molar-refractivity contribution in [1.29, 1.82) is 0 Å². The molecule has 0 aromatic heterocycles. The van der Waals surface area contributed by atoms with Crippen molar-refractivity contribution in [1.82, 2.24) is 4.90 Å². The first-order valence-electron chi connectivity index (χ1n) is 5.09. The van der Waals surface area contributed by atoms with Gasteiger partial charge < -0.3 is 10.0 Å². The number of aliphatic hydroxyl groups is 1. The van der Waals surface area contributed by atoms with E-state index in [2.05, 4.69) is 18.7 Å². The van der Waals surface area contributed by atoms with Gasteiger partial charge in [0.1, 0.15) is 0 Å². The number of nitrogens with zero attached hydrogens (tertiary/aromatic N) is 1. The highest BCUT2D eigenvalue weighted by Gasteiger charge is 2.22. The highest BCUT2D eigenvalue weighted by atomic mass is 16.3. The summed E-state index contributed by atoms with van der Waals surface area (Å²) in [5.41, 5.74) is 0. The van der Waals surface area contributed by atoms with Gasteiger partial charge in [-0.15, -0.1) is 0 Å². The predicted molar refractivity (Wildman–Crippen MR) is 51.1 cm³/mol. The molecule has 72 valence electrons. The summed E-state index contributed by atoms with van der Waals surface area (Å²) in [5, 5.41) is 8.90. The molecule has 0 spiro atoms. The molecule has 1 aliphatic heterocycles. The standard InChI is InChI=1S/C10H21NO/c1-3-11-5-4-10(7-11)6-9(2)8-12/h9-10,12H,3-8H2,1-2H3. The highest BCUT2D eigenvalue weighted by molar-refractivity contribution is 4.75. The van der Waals surface area contributed by atoms with E-state index < -0.39 is 0 Å². The van der Waals surface area contributed by atoms with E-state index in [4.69, 9.17) is 5.11 Å². The Balaban J connectivity index is 2.18. The molecule has 1 N–H and O–H groups in total. The van der Waals surface area contributed by atoms with Gasteiger partial charge in [-0.1, -0.05) is 13.8 Å². The maximum Gasteiger partial charge on any atom is 0.0456 e. The lowest BCUT2D eigenvalue weighted by atomic mass is 9.96. The molecule has 2 unspecified atom stereocenters. The van der Waals surface area contributed by atoms with E-state index in [1.54, 1.807) is 0 Å². The van der Waals surface area contributed by atoms with Crippen LogP contribution in [0.2, 0.25) is 0 Å². The van der Waals surface area contributed by atoms with Gasteiger partial charge in [-0.25, -0.2) is 0 Å². The zero-order valence-corrected chi connectivity index (χ0v) is 8.29. The lowest BCUT2D eigenvalue weighted by Gasteiger charge is -2.15. The van der Waals surface area contributed by atoms with Crippen LogP contribution < -0.4 is 0 Å². The van der Waals surface area contributed by atoms with Crippen molar-refractivity contribution in [3.8, 4) is 0 Å². The second kappa shape index (κ2) is 4.83. The molecule has 0 aromatic rings. The Morgan fingerprint density at radius 3 is 2.83 bits per heavy atom. The fourth-order valence-electron chi connectivity index (χ4n) is 2.04. The van der Waals surface area contributed by atoms with Crippen LogP contribution in [-0.4, -0.2) is 36.2 Å². The molecular formula is C10H21NO. The Bertz CT molecular complexity index is 127. The minimum Gasteiger partial charge on any atom is -0.396 e. The Hall–Kier alpha value is -0.0800. The minimum absolute atomic E-state index is 0.350. The maximum atomic E-state index is 8.90. The molecule has 1 fully saturated rings. The van der Waals surface area contributed by atoms with Crippen LogP contribution in [0.3, 0.4) is 0 Å². The van der Waals surface area contributed by atoms with Gasteiger partial charge in [0, 0.05) is 13.2 Å². The Labute approximate surface area is 75.6 Å². The van der Waals surface area contributed by atoms with Crippen LogP contribution in [0.15, 0.2) is 0 Å². The van der Waals surface area contributed by atoms with Crippen molar-refractivity contribution in [2.45, 2.75) is 26.7 Å². The first-order chi connectivity index (χ1) is 5.76. The first kappa shape index (κ1) is 10.0. The van der Waals surface area contributed by atoms with Gasteiger partial charge in [-0.2, -0.15) is 0 Å². The lowest BCUT2D eigenvalue weighted by molar-refractivity contribution is 0.211. The smallest absolute Gasteiger partial charge is 0.0456 e. The summed E-state index contributed by atoms with van der Waals surface area (Å²) in [5.74, 6) is 1.33. The van der Waals surface area contributed by atoms with Crippen molar-refractivity contribution in [3.63, 3.8) is 0 Å². The second-order valence-electron chi connectivity index (χ2n) is 4.07. The lowest BCUT2D eigenvalue weighted by Crippen LogP contribution is -2.20. The SMILES string of the molecule is CCN1CCC(CC(C)CO)C1. The van der Waals surface area contributed by atoms with E-state index in [0.717, 1.165) is 5.92 Å². The minimum atomic E-state index is 0.350. The average Bonchev–Trinajstić information content (AvgIpc) is 2.52. The fourth-order valence-corrected chi connectivity index (χ4v) is 2.04. The second-order valence-corrected chi connectivity index (χ2v) is 4.07. The summed E-state index contributed by atoms with van der Waals surface area (Å²) in [7, 11) is 0. The summed E-state index contributed by atoms with van der Waals surface area (Å²) < 4.78 is 0. The number of likely N-dealkylation sites (tertiary alicyclic amines) is 1. The molecule has 0 bridgehead atoms. The maximum absolute atomic E-state index is 8.90. The van der Waals surface area contributed by atoms with E-state index in [1.807, 2.05) is 0 Å². The summed E-state index contributed by atoms with van der Waals surface area (Å²) in [6, 6.07) is 0. The van der Waals surface area contributed by atoms with Crippen molar-refractivity contribution >= 4 is 0 Å². The van der Waals surface area contributed by atoms with Crippen LogP contribution in [0.5, 0.6) is 0 Å². The molecular weight excluding hydrogens is 150 g/mol. The zero-order chi connectivity index (χ0) is 8.97. The predicted octanol–water partition coefficient (Wildman–Crippen LogP) is 1.35. The first-order valence-corrected chi connectivity index (χ1v) is 5.09. The third kappa shape index (κ3) is 2.76. The van der Waals surface area contributed by atoms with Gasteiger partial charge in [0.15, 0.2) is 0 Å². The Morgan fingerprint density at radius 1 is 1.58 bits per heavy atom. The van der Waals surface area contributed by atoms with Gasteiger partial charge in [-0.05, 0) is 37.8 Å². The molecule has 1 rings (SSSR count). The van der Waals surface area contributed by atoms with E-state index in [0.29, 0.717) is 12.5 Å². The largest absolute Gasteiger partial charge is 0.396 e. The summed E-state index contributed by atoms with van der Waals surface area (Å²) in [6.45, 7) is 8.40. The van der Waals surface area contributed by atoms with Crippen LogP contribution in [-0.2, 0) is 0 Å². The van der Waals surface area contributed by atoms with E-state index in [-0.39, 0.29) is 0 Å². The Morgan fingerprint density at radius 2 is 2.33 bits per heavy atom. The topological polar surface area (TPSA) is 23.5 Å². The molecule has 0 saturated carbocycles. The molecule has 0 radical (unpaired) electrons. The fraction of sp³-hybridized carbons (Fsp3) is 1.00. The molecule has 0 aromatic carbocycles. The van der Waals surface area contributed by atoms with Gasteiger partial charge in [-0.3, -0.25) is 0 Å². The van der Waals surface area contributed by atoms with Gasteiger partial charge in [0.2, 0.25) is 0 Å². The number of hydrogen-bond acceptors (Lipinski definition) is 2. The van der Waals surface area contributed by atoms with Gasteiger partial charge in [0.25, 0.3) is 0 Å². The molecule has 1 aliphatic rings. The molecule has 0 aliphatic carbocycles. The quantitative estimate of drug-likeness (QED) is 0.690. The Kier molecular flexibility index (Phi) is 4.02. The summed E-state index contributed by atoms with van der Waals surface area (Å²) in [6.07, 6.45) is 2.53. The van der Waals surface area contributed by atoms with E-state index in [1.165, 1.54) is 32.5 Å². The van der Waals surface area contributed by atoms with Crippen LogP contribution in [0, 0.1) is 11.8 Å². The monoisotopic (exact) mass is 171 g/mol. The number of aliphatic hydroxyl groups excluding tert-OH is 1. The van der Waals surface area contributed by atoms with Crippen molar-refractivity contribution < 1.29 is 5.11 Å².